The van der Waals surface area contributed by atoms with Gasteiger partial charge in [0.05, 0.1) is 17.9 Å². The second-order valence-corrected chi connectivity index (χ2v) is 10.3. The Hall–Kier alpha value is -3.01. The van der Waals surface area contributed by atoms with Crippen LogP contribution in [0.1, 0.15) is 57.9 Å². The number of esters is 1. The number of carbonyl (C=O) groups excluding carboxylic acids is 4. The molecular formula is C26H36ClFN4O5. The van der Waals surface area contributed by atoms with Gasteiger partial charge in [-0.3, -0.25) is 24.2 Å². The quantitative estimate of drug-likeness (QED) is 0.160. The van der Waals surface area contributed by atoms with E-state index in [0.717, 1.165) is 0 Å². The molecule has 0 spiro atoms. The number of nitrogens with zero attached hydrogens (tertiary/aromatic N) is 2. The fourth-order valence-electron chi connectivity index (χ4n) is 4.41. The fourth-order valence-corrected chi connectivity index (χ4v) is 4.60. The summed E-state index contributed by atoms with van der Waals surface area (Å²) in [5, 5.41) is 0.477. The number of nitrogens with two attached hydrogens (primary N) is 2. The number of hydrogen-bond acceptors (Lipinski definition) is 6. The minimum absolute atomic E-state index is 0.0131. The number of aliphatic imine (C=N–C) groups is 1. The molecule has 11 heteroatoms. The summed E-state index contributed by atoms with van der Waals surface area (Å²) < 4.78 is 18.5. The molecule has 9 nitrogen and oxygen atoms in total. The van der Waals surface area contributed by atoms with Crippen LogP contribution in [0.3, 0.4) is 0 Å². The molecule has 204 valence electrons. The lowest BCUT2D eigenvalue weighted by Crippen LogP contribution is -2.47. The smallest absolute Gasteiger partial charge is 0.307 e. The Bertz CT molecular complexity index is 1010. The second-order valence-electron chi connectivity index (χ2n) is 9.89. The Labute approximate surface area is 221 Å². The Balaban J connectivity index is 1.99. The molecule has 4 N–H and O–H groups in total. The van der Waals surface area contributed by atoms with E-state index >= 15 is 0 Å². The van der Waals surface area contributed by atoms with Crippen molar-refractivity contribution in [2.45, 2.75) is 65.0 Å². The van der Waals surface area contributed by atoms with Gasteiger partial charge in [0.15, 0.2) is 17.5 Å². The van der Waals surface area contributed by atoms with E-state index in [1.54, 1.807) is 38.1 Å². The van der Waals surface area contributed by atoms with E-state index < -0.39 is 35.8 Å². The summed E-state index contributed by atoms with van der Waals surface area (Å²) in [7, 11) is 0. The van der Waals surface area contributed by atoms with Crippen molar-refractivity contribution in [1.82, 2.24) is 4.90 Å². The lowest BCUT2D eigenvalue weighted by molar-refractivity contribution is -0.154. The normalized spacial score (nSPS) is 16.2. The highest BCUT2D eigenvalue weighted by Crippen LogP contribution is 2.31. The Morgan fingerprint density at radius 2 is 1.95 bits per heavy atom. The van der Waals surface area contributed by atoms with Gasteiger partial charge in [-0.25, -0.2) is 4.39 Å². The predicted molar refractivity (Wildman–Crippen MR) is 138 cm³/mol. The van der Waals surface area contributed by atoms with Crippen LogP contribution >= 0.6 is 11.6 Å². The molecule has 1 heterocycles. The third-order valence-corrected chi connectivity index (χ3v) is 6.81. The van der Waals surface area contributed by atoms with Crippen molar-refractivity contribution in [3.05, 3.63) is 34.9 Å². The predicted octanol–water partition coefficient (Wildman–Crippen LogP) is 2.96. The van der Waals surface area contributed by atoms with Crippen LogP contribution in [-0.4, -0.2) is 60.1 Å². The molecule has 1 aliphatic heterocycles. The van der Waals surface area contributed by atoms with Crippen LogP contribution in [0.4, 0.5) is 4.39 Å². The lowest BCUT2D eigenvalue weighted by Gasteiger charge is -2.32. The molecule has 1 fully saturated rings. The first-order valence-electron chi connectivity index (χ1n) is 12.3. The van der Waals surface area contributed by atoms with E-state index in [-0.39, 0.29) is 50.1 Å². The van der Waals surface area contributed by atoms with Gasteiger partial charge >= 0.3 is 5.97 Å². The first-order valence-corrected chi connectivity index (χ1v) is 12.7. The van der Waals surface area contributed by atoms with E-state index in [1.807, 2.05) is 0 Å². The van der Waals surface area contributed by atoms with Crippen molar-refractivity contribution < 1.29 is 28.3 Å². The fraction of sp³-hybridized carbons (Fsp3) is 0.577. The van der Waals surface area contributed by atoms with Crippen LogP contribution in [0.25, 0.3) is 0 Å². The number of carbonyl (C=O) groups is 4. The Kier molecular flexibility index (Phi) is 11.5. The first-order chi connectivity index (χ1) is 17.5. The number of guanidine groups is 1. The van der Waals surface area contributed by atoms with E-state index in [2.05, 4.69) is 4.99 Å². The monoisotopic (exact) mass is 538 g/mol. The third-order valence-electron chi connectivity index (χ3n) is 6.44. The van der Waals surface area contributed by atoms with E-state index in [1.165, 1.54) is 4.90 Å². The zero-order chi connectivity index (χ0) is 27.6. The summed E-state index contributed by atoms with van der Waals surface area (Å²) >= 11 is 6.09. The number of Topliss-reactive ketones (excluding diaryl/α,β-unsaturated/α-hetero) is 2. The number of ether oxygens (including phenoxy) is 1. The van der Waals surface area contributed by atoms with Gasteiger partial charge < -0.3 is 21.1 Å². The van der Waals surface area contributed by atoms with Gasteiger partial charge in [0, 0.05) is 36.0 Å². The van der Waals surface area contributed by atoms with Gasteiger partial charge in [0.2, 0.25) is 5.91 Å². The van der Waals surface area contributed by atoms with Crippen LogP contribution in [0.15, 0.2) is 29.3 Å². The van der Waals surface area contributed by atoms with Crippen molar-refractivity contribution in [1.29, 1.82) is 0 Å². The minimum Gasteiger partial charge on any atom is -0.461 e. The average molecular weight is 539 g/mol. The number of amides is 1. The molecule has 0 radical (unpaired) electrons. The van der Waals surface area contributed by atoms with Crippen LogP contribution < -0.4 is 11.5 Å². The zero-order valence-electron chi connectivity index (χ0n) is 21.4. The first kappa shape index (κ1) is 30.2. The molecule has 0 bridgehead atoms. The molecule has 2 atom stereocenters. The van der Waals surface area contributed by atoms with E-state index in [4.69, 9.17) is 27.8 Å². The van der Waals surface area contributed by atoms with Crippen molar-refractivity contribution in [2.24, 2.45) is 27.8 Å². The van der Waals surface area contributed by atoms with Gasteiger partial charge in [-0.2, -0.15) is 0 Å². The summed E-state index contributed by atoms with van der Waals surface area (Å²) in [6.07, 6.45) is 1.39. The number of ketones is 2. The number of alkyl halides is 1. The number of halogens is 2. The average Bonchev–Trinajstić information content (AvgIpc) is 3.33. The molecule has 0 aromatic heterocycles. The van der Waals surface area contributed by atoms with Crippen LogP contribution in [-0.2, 0) is 30.5 Å². The highest BCUT2D eigenvalue weighted by atomic mass is 35.5. The second kappa shape index (κ2) is 14.1. The highest BCUT2D eigenvalue weighted by molar-refractivity contribution is 6.31. The molecule has 1 aromatic rings. The molecule has 1 saturated heterocycles. The molecule has 1 aliphatic rings. The molecular weight excluding hydrogens is 503 g/mol. The Morgan fingerprint density at radius 1 is 1.24 bits per heavy atom. The van der Waals surface area contributed by atoms with Crippen molar-refractivity contribution >= 4 is 41.0 Å². The largest absolute Gasteiger partial charge is 0.461 e. The molecule has 2 rings (SSSR count). The van der Waals surface area contributed by atoms with Gasteiger partial charge in [-0.15, -0.1) is 0 Å². The number of benzene rings is 1. The van der Waals surface area contributed by atoms with Crippen LogP contribution in [0.5, 0.6) is 0 Å². The molecule has 0 unspecified atom stereocenters. The zero-order valence-corrected chi connectivity index (χ0v) is 22.1. The third kappa shape index (κ3) is 9.10. The Morgan fingerprint density at radius 3 is 2.59 bits per heavy atom. The molecule has 37 heavy (non-hydrogen) atoms. The maximum Gasteiger partial charge on any atom is 0.307 e. The van der Waals surface area contributed by atoms with Crippen molar-refractivity contribution in [3.63, 3.8) is 0 Å². The van der Waals surface area contributed by atoms with Crippen LogP contribution in [0, 0.1) is 11.3 Å². The SMILES string of the molecule is CC(C)(CC(=O)OCc1ccccc1Cl)C(=O)N1CCC[C@H]1C(=O)C[C@@H](CCCN=C(N)N)C(=O)CF. The summed E-state index contributed by atoms with van der Waals surface area (Å²) in [4.78, 5) is 56.4. The van der Waals surface area contributed by atoms with E-state index in [0.29, 0.717) is 36.4 Å². The van der Waals surface area contributed by atoms with Crippen LogP contribution in [0.2, 0.25) is 5.02 Å². The lowest BCUT2D eigenvalue weighted by atomic mass is 9.86. The van der Waals surface area contributed by atoms with Gasteiger partial charge in [-0.05, 0) is 31.7 Å². The van der Waals surface area contributed by atoms with Crippen molar-refractivity contribution in [2.75, 3.05) is 19.8 Å². The molecule has 0 aliphatic carbocycles. The highest BCUT2D eigenvalue weighted by Gasteiger charge is 2.42. The van der Waals surface area contributed by atoms with Gasteiger partial charge in [-0.1, -0.05) is 43.6 Å². The topological polar surface area (TPSA) is 145 Å². The van der Waals surface area contributed by atoms with Gasteiger partial charge in [0.1, 0.15) is 13.3 Å². The van der Waals surface area contributed by atoms with Gasteiger partial charge in [0.25, 0.3) is 0 Å². The summed E-state index contributed by atoms with van der Waals surface area (Å²) in [6.45, 7) is 2.70. The van der Waals surface area contributed by atoms with E-state index in [9.17, 15) is 23.6 Å². The number of likely N-dealkylation sites (tertiary alicyclic amines) is 1. The number of rotatable bonds is 14. The molecule has 1 aromatic carbocycles. The summed E-state index contributed by atoms with van der Waals surface area (Å²) in [5.74, 6) is -2.75. The standard InChI is InChI=1S/C26H36ClFN4O5/c1-26(2,14-23(35)37-16-18-7-3-4-9-19(18)27)24(36)32-12-6-10-20(32)21(33)13-17(22(34)15-28)8-5-11-31-25(29)30/h3-4,7,9,17,20H,5-6,8,10-16H2,1-2H3,(H4,29,30,31)/t17-,20+/m1/s1. The maximum absolute atomic E-state index is 13.4. The van der Waals surface area contributed by atoms with Crippen molar-refractivity contribution in [3.8, 4) is 0 Å². The minimum atomic E-state index is -1.17. The summed E-state index contributed by atoms with van der Waals surface area (Å²) in [6, 6.07) is 6.26. The summed E-state index contributed by atoms with van der Waals surface area (Å²) in [5.41, 5.74) is 10.1. The number of hydrogen-bond donors (Lipinski definition) is 2. The maximum atomic E-state index is 13.4. The molecule has 0 saturated carbocycles. The molecule has 1 amide bonds.